The standard InChI is InChI=1S/C52H53NO10/c1-3-5-7-9-10-11-12-13-15-35-59-44-27-18-39(19-28-44)49(54)60-45-29-20-40(21-30-45)51(56)62-47-33-24-42(37-53)48(36-47)63-52(57)41-22-31-46(32-23-41)61-50(55)38-16-25-43(26-17-38)58-34-14-8-6-4-2/h3,16-33,36H,1,4-15,34-35H2,2H3. The van der Waals surface area contributed by atoms with Gasteiger partial charge in [-0.3, -0.25) is 0 Å². The van der Waals surface area contributed by atoms with Crippen molar-refractivity contribution in [3.8, 4) is 40.6 Å². The van der Waals surface area contributed by atoms with Gasteiger partial charge >= 0.3 is 23.9 Å². The number of hydrogen-bond donors (Lipinski definition) is 0. The number of nitrogens with zero attached hydrogens (tertiary/aromatic N) is 1. The van der Waals surface area contributed by atoms with Crippen molar-refractivity contribution in [1.82, 2.24) is 0 Å². The Morgan fingerprint density at radius 3 is 1.27 bits per heavy atom. The summed E-state index contributed by atoms with van der Waals surface area (Å²) in [4.78, 5) is 51.6. The van der Waals surface area contributed by atoms with E-state index in [4.69, 9.17) is 28.4 Å². The van der Waals surface area contributed by atoms with Crippen LogP contribution in [0, 0.1) is 11.3 Å². The van der Waals surface area contributed by atoms with E-state index in [1.807, 2.05) is 12.1 Å². The predicted octanol–water partition coefficient (Wildman–Crippen LogP) is 12.1. The third-order valence-corrected chi connectivity index (χ3v) is 9.86. The molecule has 0 fully saturated rings. The molecule has 0 N–H and O–H groups in total. The molecule has 11 nitrogen and oxygen atoms in total. The Kier molecular flexibility index (Phi) is 19.0. The van der Waals surface area contributed by atoms with Gasteiger partial charge in [0.2, 0.25) is 0 Å². The third-order valence-electron chi connectivity index (χ3n) is 9.86. The van der Waals surface area contributed by atoms with Crippen LogP contribution in [-0.2, 0) is 0 Å². The molecule has 5 aromatic rings. The van der Waals surface area contributed by atoms with E-state index in [9.17, 15) is 24.4 Å². The summed E-state index contributed by atoms with van der Waals surface area (Å²) < 4.78 is 33.5. The maximum absolute atomic E-state index is 13.1. The van der Waals surface area contributed by atoms with E-state index >= 15 is 0 Å². The quantitative estimate of drug-likeness (QED) is 0.0239. The number of carbonyl (C=O) groups excluding carboxylic acids is 4. The molecule has 5 rings (SSSR count). The molecule has 0 atom stereocenters. The van der Waals surface area contributed by atoms with Gasteiger partial charge in [0, 0.05) is 6.07 Å². The summed E-state index contributed by atoms with van der Waals surface area (Å²) >= 11 is 0. The smallest absolute Gasteiger partial charge is 0.343 e. The number of benzene rings is 5. The van der Waals surface area contributed by atoms with E-state index in [2.05, 4.69) is 13.5 Å². The lowest BCUT2D eigenvalue weighted by Crippen LogP contribution is -2.12. The van der Waals surface area contributed by atoms with Crippen LogP contribution in [-0.4, -0.2) is 37.1 Å². The molecule has 0 radical (unpaired) electrons. The van der Waals surface area contributed by atoms with Crippen molar-refractivity contribution < 1.29 is 47.6 Å². The number of allylic oxidation sites excluding steroid dienone is 1. The molecule has 0 saturated heterocycles. The molecule has 0 amide bonds. The maximum Gasteiger partial charge on any atom is 0.343 e. The van der Waals surface area contributed by atoms with Gasteiger partial charge in [0.25, 0.3) is 0 Å². The molecule has 0 saturated carbocycles. The van der Waals surface area contributed by atoms with Crippen molar-refractivity contribution >= 4 is 23.9 Å². The highest BCUT2D eigenvalue weighted by Gasteiger charge is 2.17. The fourth-order valence-corrected chi connectivity index (χ4v) is 6.28. The molecule has 0 spiro atoms. The van der Waals surface area contributed by atoms with E-state index in [1.54, 1.807) is 48.5 Å². The van der Waals surface area contributed by atoms with Crippen molar-refractivity contribution in [2.24, 2.45) is 0 Å². The number of rotatable bonds is 25. The van der Waals surface area contributed by atoms with E-state index in [1.165, 1.54) is 105 Å². The van der Waals surface area contributed by atoms with Gasteiger partial charge in [-0.15, -0.1) is 6.58 Å². The van der Waals surface area contributed by atoms with Crippen LogP contribution in [0.4, 0.5) is 0 Å². The van der Waals surface area contributed by atoms with Gasteiger partial charge in [-0.05, 0) is 135 Å². The van der Waals surface area contributed by atoms with Gasteiger partial charge in [-0.2, -0.15) is 5.26 Å². The zero-order valence-corrected chi connectivity index (χ0v) is 35.7. The van der Waals surface area contributed by atoms with Crippen LogP contribution < -0.4 is 28.4 Å². The minimum atomic E-state index is -0.796. The first-order chi connectivity index (χ1) is 30.8. The average Bonchev–Trinajstić information content (AvgIpc) is 3.30. The highest BCUT2D eigenvalue weighted by Crippen LogP contribution is 2.27. The Bertz CT molecular complexity index is 2290. The van der Waals surface area contributed by atoms with E-state index in [-0.39, 0.29) is 39.7 Å². The molecule has 63 heavy (non-hydrogen) atoms. The predicted molar refractivity (Wildman–Crippen MR) is 239 cm³/mol. The van der Waals surface area contributed by atoms with E-state index in [0.29, 0.717) is 35.8 Å². The lowest BCUT2D eigenvalue weighted by Gasteiger charge is -2.10. The van der Waals surface area contributed by atoms with Crippen LogP contribution >= 0.6 is 0 Å². The van der Waals surface area contributed by atoms with Gasteiger partial charge < -0.3 is 28.4 Å². The van der Waals surface area contributed by atoms with Crippen molar-refractivity contribution in [1.29, 1.82) is 5.26 Å². The summed E-state index contributed by atoms with van der Waals surface area (Å²) in [6.07, 6.45) is 15.7. The van der Waals surface area contributed by atoms with Crippen LogP contribution in [0.3, 0.4) is 0 Å². The Labute approximate surface area is 369 Å². The maximum atomic E-state index is 13.1. The van der Waals surface area contributed by atoms with E-state index < -0.39 is 23.9 Å². The minimum Gasteiger partial charge on any atom is -0.494 e. The molecule has 0 unspecified atom stereocenters. The molecule has 0 aliphatic heterocycles. The van der Waals surface area contributed by atoms with E-state index in [0.717, 1.165) is 38.5 Å². The van der Waals surface area contributed by atoms with Crippen LogP contribution in [0.5, 0.6) is 34.5 Å². The molecule has 11 heteroatoms. The van der Waals surface area contributed by atoms with Crippen molar-refractivity contribution in [3.05, 3.63) is 156 Å². The summed E-state index contributed by atoms with van der Waals surface area (Å²) in [5.41, 5.74) is 0.977. The van der Waals surface area contributed by atoms with Crippen LogP contribution in [0.15, 0.2) is 128 Å². The second-order valence-corrected chi connectivity index (χ2v) is 14.7. The zero-order chi connectivity index (χ0) is 44.7. The van der Waals surface area contributed by atoms with Gasteiger partial charge in [0.05, 0.1) is 41.0 Å². The second-order valence-electron chi connectivity index (χ2n) is 14.7. The van der Waals surface area contributed by atoms with Gasteiger partial charge in [-0.1, -0.05) is 64.4 Å². The molecule has 5 aromatic carbocycles. The molecule has 0 aliphatic carbocycles. The zero-order valence-electron chi connectivity index (χ0n) is 35.7. The van der Waals surface area contributed by atoms with Crippen LogP contribution in [0.1, 0.15) is 131 Å². The number of carbonyl (C=O) groups is 4. The summed E-state index contributed by atoms with van der Waals surface area (Å²) in [6, 6.07) is 30.9. The second kappa shape index (κ2) is 25.6. The molecule has 0 aromatic heterocycles. The fourth-order valence-electron chi connectivity index (χ4n) is 6.28. The lowest BCUT2D eigenvalue weighted by atomic mass is 10.1. The summed E-state index contributed by atoms with van der Waals surface area (Å²) in [7, 11) is 0. The first-order valence-electron chi connectivity index (χ1n) is 21.5. The normalized spacial score (nSPS) is 10.5. The number of ether oxygens (including phenoxy) is 6. The fraction of sp³-hybridized carbons (Fsp3) is 0.288. The number of nitriles is 1. The highest BCUT2D eigenvalue weighted by atomic mass is 16.6. The molecule has 0 bridgehead atoms. The topological polar surface area (TPSA) is 147 Å². The average molecular weight is 852 g/mol. The van der Waals surface area contributed by atoms with Crippen LogP contribution in [0.2, 0.25) is 0 Å². The first-order valence-corrected chi connectivity index (χ1v) is 21.5. The lowest BCUT2D eigenvalue weighted by molar-refractivity contribution is 0.0723. The van der Waals surface area contributed by atoms with Crippen LogP contribution in [0.25, 0.3) is 0 Å². The Balaban J connectivity index is 1.06. The van der Waals surface area contributed by atoms with Gasteiger partial charge in [0.15, 0.2) is 5.75 Å². The Morgan fingerprint density at radius 1 is 0.476 bits per heavy atom. The molecular formula is C52H53NO10. The molecule has 0 heterocycles. The highest BCUT2D eigenvalue weighted by molar-refractivity contribution is 5.94. The summed E-state index contributed by atoms with van der Waals surface area (Å²) in [5, 5.41) is 9.66. The first kappa shape index (κ1) is 46.9. The minimum absolute atomic E-state index is 0.0176. The van der Waals surface area contributed by atoms with Crippen molar-refractivity contribution in [3.63, 3.8) is 0 Å². The SMILES string of the molecule is C=CCCCCCCCCCOc1ccc(C(=O)Oc2ccc(C(=O)Oc3ccc(C#N)c(OC(=O)c4ccc(OC(=O)c5ccc(OCCCCCC)cc5)cc4)c3)cc2)cc1. The molecular weight excluding hydrogens is 799 g/mol. The summed E-state index contributed by atoms with van der Waals surface area (Å²) in [5.74, 6) is -1.02. The summed E-state index contributed by atoms with van der Waals surface area (Å²) in [6.45, 7) is 7.13. The third kappa shape index (κ3) is 15.7. The Hall–Kier alpha value is -7.19. The van der Waals surface area contributed by atoms with Crippen molar-refractivity contribution in [2.45, 2.75) is 84.0 Å². The number of unbranched alkanes of at least 4 members (excludes halogenated alkanes) is 10. The monoisotopic (exact) mass is 851 g/mol. The number of hydrogen-bond acceptors (Lipinski definition) is 11. The largest absolute Gasteiger partial charge is 0.494 e. The molecule has 0 aliphatic rings. The van der Waals surface area contributed by atoms with Crippen molar-refractivity contribution in [2.75, 3.05) is 13.2 Å². The van der Waals surface area contributed by atoms with Gasteiger partial charge in [-0.25, -0.2) is 19.2 Å². The van der Waals surface area contributed by atoms with Gasteiger partial charge in [0.1, 0.15) is 34.8 Å². The number of esters is 4. The molecule has 326 valence electrons. The Morgan fingerprint density at radius 2 is 0.841 bits per heavy atom.